The maximum Gasteiger partial charge on any atom is 0.416 e. The second-order valence-corrected chi connectivity index (χ2v) is 8.30. The molecule has 0 spiro atoms. The van der Waals surface area contributed by atoms with E-state index in [1.807, 2.05) is 0 Å². The van der Waals surface area contributed by atoms with E-state index in [1.54, 1.807) is 20.8 Å². The fourth-order valence-corrected chi connectivity index (χ4v) is 3.76. The fourth-order valence-electron chi connectivity index (χ4n) is 2.69. The lowest BCUT2D eigenvalue weighted by molar-refractivity contribution is -0.137. The molecule has 0 saturated heterocycles. The van der Waals surface area contributed by atoms with E-state index in [0.717, 1.165) is 12.1 Å². The van der Waals surface area contributed by atoms with Crippen molar-refractivity contribution in [3.63, 3.8) is 0 Å². The highest BCUT2D eigenvalue weighted by Crippen LogP contribution is 2.31. The molecule has 0 aliphatic rings. The number of nitrogens with one attached hydrogen (secondary N) is 2. The lowest BCUT2D eigenvalue weighted by Gasteiger charge is -2.17. The Hall–Kier alpha value is -2.39. The monoisotopic (exact) mass is 414 g/mol. The van der Waals surface area contributed by atoms with Crippen LogP contribution < -0.4 is 10.0 Å². The number of halogens is 3. The van der Waals surface area contributed by atoms with Crippen LogP contribution in [0.3, 0.4) is 0 Å². The molecule has 9 heteroatoms. The van der Waals surface area contributed by atoms with Gasteiger partial charge in [0, 0.05) is 5.56 Å². The maximum absolute atomic E-state index is 12.9. The topological polar surface area (TPSA) is 75.3 Å². The summed E-state index contributed by atoms with van der Waals surface area (Å²) >= 11 is 0. The zero-order valence-electron chi connectivity index (χ0n) is 15.8. The number of aryl methyl sites for hydroxylation is 1. The molecule has 0 saturated carbocycles. The Morgan fingerprint density at radius 1 is 1.11 bits per heavy atom. The molecule has 1 amide bonds. The summed E-state index contributed by atoms with van der Waals surface area (Å²) in [7, 11) is -2.49. The number of sulfonamides is 1. The Bertz CT molecular complexity index is 1000. The van der Waals surface area contributed by atoms with Gasteiger partial charge in [0.15, 0.2) is 0 Å². The van der Waals surface area contributed by atoms with E-state index in [-0.39, 0.29) is 16.0 Å². The van der Waals surface area contributed by atoms with Crippen LogP contribution in [0, 0.1) is 13.8 Å². The van der Waals surface area contributed by atoms with Gasteiger partial charge < -0.3 is 5.32 Å². The molecule has 2 rings (SSSR count). The van der Waals surface area contributed by atoms with Crippen LogP contribution in [0.5, 0.6) is 0 Å². The van der Waals surface area contributed by atoms with Crippen LogP contribution in [0.25, 0.3) is 0 Å². The van der Waals surface area contributed by atoms with Crippen LogP contribution in [0.2, 0.25) is 0 Å². The van der Waals surface area contributed by atoms with Crippen molar-refractivity contribution in [3.05, 3.63) is 64.2 Å². The highest BCUT2D eigenvalue weighted by atomic mass is 32.2. The van der Waals surface area contributed by atoms with Crippen LogP contribution in [0.15, 0.2) is 41.3 Å². The Morgan fingerprint density at radius 3 is 2.32 bits per heavy atom. The van der Waals surface area contributed by atoms with Gasteiger partial charge in [-0.15, -0.1) is 0 Å². The van der Waals surface area contributed by atoms with Gasteiger partial charge in [0.1, 0.15) is 0 Å². The minimum absolute atomic E-state index is 0.0214. The minimum Gasteiger partial charge on any atom is -0.346 e. The molecule has 0 bridgehead atoms. The predicted molar refractivity (Wildman–Crippen MR) is 99.5 cm³/mol. The average molecular weight is 414 g/mol. The van der Waals surface area contributed by atoms with Gasteiger partial charge in [-0.2, -0.15) is 13.2 Å². The molecular formula is C19H21F3N2O3S. The SMILES string of the molecule is CNS(=O)(=O)c1cc(C(=O)NC(C)c2cccc(C(F)(F)F)c2)cc(C)c1C. The number of benzene rings is 2. The smallest absolute Gasteiger partial charge is 0.346 e. The second-order valence-electron chi connectivity index (χ2n) is 6.44. The van der Waals surface area contributed by atoms with Gasteiger partial charge in [-0.25, -0.2) is 13.1 Å². The third-order valence-corrected chi connectivity index (χ3v) is 6.04. The van der Waals surface area contributed by atoms with Gasteiger partial charge in [0.25, 0.3) is 5.91 Å². The summed E-state index contributed by atoms with van der Waals surface area (Å²) < 4.78 is 65.2. The Kier molecular flexibility index (Phi) is 6.20. The zero-order valence-corrected chi connectivity index (χ0v) is 16.6. The van der Waals surface area contributed by atoms with Crippen molar-refractivity contribution in [2.45, 2.75) is 37.9 Å². The molecule has 2 aromatic rings. The summed E-state index contributed by atoms with van der Waals surface area (Å²) in [4.78, 5) is 12.6. The van der Waals surface area contributed by atoms with Crippen molar-refractivity contribution in [2.24, 2.45) is 0 Å². The van der Waals surface area contributed by atoms with Crippen LogP contribution in [0.4, 0.5) is 13.2 Å². The molecule has 28 heavy (non-hydrogen) atoms. The lowest BCUT2D eigenvalue weighted by atomic mass is 10.0. The summed E-state index contributed by atoms with van der Waals surface area (Å²) in [5.74, 6) is -0.583. The van der Waals surface area contributed by atoms with Crippen LogP contribution in [0.1, 0.15) is 45.6 Å². The van der Waals surface area contributed by atoms with E-state index in [0.29, 0.717) is 11.1 Å². The molecule has 1 atom stereocenters. The molecule has 1 unspecified atom stereocenters. The number of rotatable bonds is 5. The Labute approximate surface area is 162 Å². The van der Waals surface area contributed by atoms with E-state index in [2.05, 4.69) is 10.0 Å². The molecule has 2 aromatic carbocycles. The van der Waals surface area contributed by atoms with Crippen molar-refractivity contribution < 1.29 is 26.4 Å². The summed E-state index contributed by atoms with van der Waals surface area (Å²) in [5.41, 5.74) is 0.704. The molecule has 2 N–H and O–H groups in total. The van der Waals surface area contributed by atoms with Gasteiger partial charge >= 0.3 is 6.18 Å². The van der Waals surface area contributed by atoms with Gasteiger partial charge in [0.2, 0.25) is 10.0 Å². The summed E-state index contributed by atoms with van der Waals surface area (Å²) in [5, 5.41) is 2.61. The van der Waals surface area contributed by atoms with Gasteiger partial charge in [-0.1, -0.05) is 12.1 Å². The maximum atomic E-state index is 12.9. The molecule has 5 nitrogen and oxygen atoms in total. The standard InChI is InChI=1S/C19H21F3N2O3S/c1-11-8-15(10-17(12(11)2)28(26,27)23-4)18(25)24-13(3)14-6-5-7-16(9-14)19(20,21)22/h5-10,13,23H,1-4H3,(H,24,25). The van der Waals surface area contributed by atoms with Crippen LogP contribution in [-0.2, 0) is 16.2 Å². The van der Waals surface area contributed by atoms with Gasteiger partial charge in [-0.3, -0.25) is 4.79 Å². The van der Waals surface area contributed by atoms with E-state index in [1.165, 1.54) is 31.3 Å². The average Bonchev–Trinajstić information content (AvgIpc) is 2.62. The normalized spacial score (nSPS) is 13.2. The molecule has 0 aliphatic heterocycles. The first-order chi connectivity index (χ1) is 12.9. The second kappa shape index (κ2) is 7.92. The van der Waals surface area contributed by atoms with Crippen molar-refractivity contribution in [3.8, 4) is 0 Å². The Balaban J connectivity index is 2.33. The summed E-state index contributed by atoms with van der Waals surface area (Å²) in [6, 6.07) is 6.77. The third kappa shape index (κ3) is 4.71. The highest BCUT2D eigenvalue weighted by Gasteiger charge is 2.31. The first kappa shape index (κ1) is 21.9. The van der Waals surface area contributed by atoms with E-state index in [4.69, 9.17) is 0 Å². The third-order valence-electron chi connectivity index (χ3n) is 4.50. The van der Waals surface area contributed by atoms with Crippen molar-refractivity contribution >= 4 is 15.9 Å². The van der Waals surface area contributed by atoms with Crippen molar-refractivity contribution in [1.82, 2.24) is 10.0 Å². The number of amides is 1. The molecule has 0 aromatic heterocycles. The highest BCUT2D eigenvalue weighted by molar-refractivity contribution is 7.89. The van der Waals surface area contributed by atoms with E-state index < -0.39 is 33.7 Å². The molecule has 0 aliphatic carbocycles. The number of hydrogen-bond donors (Lipinski definition) is 2. The van der Waals surface area contributed by atoms with Crippen molar-refractivity contribution in [2.75, 3.05) is 7.05 Å². The number of alkyl halides is 3. The van der Waals surface area contributed by atoms with Crippen LogP contribution >= 0.6 is 0 Å². The fraction of sp³-hybridized carbons (Fsp3) is 0.316. The summed E-state index contributed by atoms with van der Waals surface area (Å²) in [6.45, 7) is 4.86. The van der Waals surface area contributed by atoms with E-state index in [9.17, 15) is 26.4 Å². The lowest BCUT2D eigenvalue weighted by Crippen LogP contribution is -2.28. The Morgan fingerprint density at radius 2 is 1.75 bits per heavy atom. The van der Waals surface area contributed by atoms with Gasteiger partial charge in [0.05, 0.1) is 16.5 Å². The predicted octanol–water partition coefficient (Wildman–Crippen LogP) is 3.72. The first-order valence-corrected chi connectivity index (χ1v) is 9.88. The summed E-state index contributed by atoms with van der Waals surface area (Å²) in [6.07, 6.45) is -4.48. The number of carbonyl (C=O) groups excluding carboxylic acids is 1. The molecule has 0 fully saturated rings. The van der Waals surface area contributed by atoms with Crippen LogP contribution in [-0.4, -0.2) is 21.4 Å². The molecule has 0 radical (unpaired) electrons. The molecular weight excluding hydrogens is 393 g/mol. The first-order valence-electron chi connectivity index (χ1n) is 8.39. The number of carbonyl (C=O) groups is 1. The number of hydrogen-bond acceptors (Lipinski definition) is 3. The molecule has 152 valence electrons. The quantitative estimate of drug-likeness (QED) is 0.783. The van der Waals surface area contributed by atoms with E-state index >= 15 is 0 Å². The van der Waals surface area contributed by atoms with Gasteiger partial charge in [-0.05, 0) is 68.8 Å². The largest absolute Gasteiger partial charge is 0.416 e. The molecule has 0 heterocycles. The van der Waals surface area contributed by atoms with Crippen molar-refractivity contribution in [1.29, 1.82) is 0 Å². The minimum atomic E-state index is -4.48. The zero-order chi connectivity index (χ0) is 21.3.